The highest BCUT2D eigenvalue weighted by molar-refractivity contribution is 5.81. The highest BCUT2D eigenvalue weighted by Gasteiger charge is 2.69. The first-order chi connectivity index (χ1) is 14.1. The third-order valence-electron chi connectivity index (χ3n) is 9.41. The van der Waals surface area contributed by atoms with E-state index in [9.17, 15) is 9.90 Å². The Morgan fingerprint density at radius 2 is 1.90 bits per heavy atom. The molecule has 1 heterocycles. The molecule has 1 aromatic heterocycles. The number of halogens is 2. The summed E-state index contributed by atoms with van der Waals surface area (Å²) in [6, 6.07) is 0. The smallest absolute Gasteiger partial charge is 0.162 e. The van der Waals surface area contributed by atoms with Crippen LogP contribution in [0.5, 0.6) is 0 Å². The van der Waals surface area contributed by atoms with Crippen molar-refractivity contribution in [3.05, 3.63) is 6.33 Å². The van der Waals surface area contributed by atoms with Crippen molar-refractivity contribution < 1.29 is 18.7 Å². The minimum Gasteiger partial charge on any atom is -0.390 e. The molecule has 0 spiro atoms. The second kappa shape index (κ2) is 6.53. The SMILES string of the molecule is C[C@@]1(O)CC[C@]2(F)[C@H]3CC[C@]4(C)[C@@H](C(=O)Cn5ncnn5)CC[C@H]4[C@@H]3CC[C@]2(F)C1. The molecular formula is C22H32F2N4O2. The molecule has 8 atom stereocenters. The minimum atomic E-state index is -1.93. The molecule has 4 fully saturated rings. The summed E-state index contributed by atoms with van der Waals surface area (Å²) >= 11 is 0. The number of nitrogens with zero attached hydrogens (tertiary/aromatic N) is 4. The lowest BCUT2D eigenvalue weighted by Crippen LogP contribution is -2.66. The van der Waals surface area contributed by atoms with E-state index >= 15 is 8.78 Å². The van der Waals surface area contributed by atoms with Gasteiger partial charge >= 0.3 is 0 Å². The van der Waals surface area contributed by atoms with Gasteiger partial charge < -0.3 is 5.11 Å². The zero-order valence-electron chi connectivity index (χ0n) is 17.9. The van der Waals surface area contributed by atoms with Gasteiger partial charge in [-0.3, -0.25) is 4.79 Å². The maximum atomic E-state index is 16.4. The number of rotatable bonds is 3. The van der Waals surface area contributed by atoms with Crippen LogP contribution in [0, 0.1) is 29.1 Å². The fourth-order valence-corrected chi connectivity index (χ4v) is 8.02. The second-order valence-corrected chi connectivity index (χ2v) is 11.0. The van der Waals surface area contributed by atoms with E-state index in [0.717, 1.165) is 19.3 Å². The number of ketones is 1. The normalized spacial score (nSPS) is 50.4. The van der Waals surface area contributed by atoms with E-state index in [0.29, 0.717) is 19.3 Å². The Balaban J connectivity index is 1.38. The lowest BCUT2D eigenvalue weighted by atomic mass is 9.47. The van der Waals surface area contributed by atoms with Gasteiger partial charge in [0.2, 0.25) is 0 Å². The van der Waals surface area contributed by atoms with Crippen LogP contribution in [0.1, 0.15) is 71.6 Å². The molecule has 1 N–H and O–H groups in total. The van der Waals surface area contributed by atoms with Crippen molar-refractivity contribution >= 4 is 5.78 Å². The average Bonchev–Trinajstić information content (AvgIpc) is 3.29. The molecule has 0 radical (unpaired) electrons. The summed E-state index contributed by atoms with van der Waals surface area (Å²) < 4.78 is 32.3. The molecule has 0 aromatic carbocycles. The predicted molar refractivity (Wildman–Crippen MR) is 105 cm³/mol. The molecular weight excluding hydrogens is 390 g/mol. The van der Waals surface area contributed by atoms with Crippen molar-refractivity contribution in [3.8, 4) is 0 Å². The monoisotopic (exact) mass is 422 g/mol. The van der Waals surface area contributed by atoms with Crippen molar-refractivity contribution in [2.75, 3.05) is 0 Å². The average molecular weight is 423 g/mol. The van der Waals surface area contributed by atoms with Gasteiger partial charge in [-0.15, -0.1) is 10.2 Å². The quantitative estimate of drug-likeness (QED) is 0.807. The number of aliphatic hydroxyl groups is 1. The molecule has 0 amide bonds. The van der Waals surface area contributed by atoms with E-state index < -0.39 is 16.9 Å². The number of carbonyl (C=O) groups is 1. The number of fused-ring (bicyclic) bond motifs is 5. The van der Waals surface area contributed by atoms with Gasteiger partial charge in [0.25, 0.3) is 0 Å². The van der Waals surface area contributed by atoms with E-state index in [4.69, 9.17) is 0 Å². The topological polar surface area (TPSA) is 80.9 Å². The van der Waals surface area contributed by atoms with E-state index in [-0.39, 0.29) is 60.7 Å². The van der Waals surface area contributed by atoms with Crippen LogP contribution in [0.4, 0.5) is 8.78 Å². The Morgan fingerprint density at radius 1 is 1.10 bits per heavy atom. The van der Waals surface area contributed by atoms with Crippen molar-refractivity contribution in [1.29, 1.82) is 0 Å². The number of hydrogen-bond acceptors (Lipinski definition) is 5. The third kappa shape index (κ3) is 2.81. The first kappa shape index (κ1) is 20.5. The van der Waals surface area contributed by atoms with Gasteiger partial charge in [0.05, 0.1) is 5.60 Å². The zero-order chi connectivity index (χ0) is 21.4. The summed E-state index contributed by atoms with van der Waals surface area (Å²) in [5, 5.41) is 21.9. The molecule has 0 saturated heterocycles. The lowest BCUT2D eigenvalue weighted by Gasteiger charge is -2.61. The molecule has 6 nitrogen and oxygen atoms in total. The van der Waals surface area contributed by atoms with Crippen molar-refractivity contribution in [2.45, 2.75) is 95.1 Å². The van der Waals surface area contributed by atoms with Gasteiger partial charge in [-0.2, -0.15) is 4.80 Å². The Morgan fingerprint density at radius 3 is 2.63 bits per heavy atom. The minimum absolute atomic E-state index is 0.0887. The van der Waals surface area contributed by atoms with Crippen LogP contribution in [0.2, 0.25) is 0 Å². The Bertz CT molecular complexity index is 833. The van der Waals surface area contributed by atoms with Crippen molar-refractivity contribution in [3.63, 3.8) is 0 Å². The molecule has 8 heteroatoms. The van der Waals surface area contributed by atoms with Gasteiger partial charge in [-0.05, 0) is 86.7 Å². The fraction of sp³-hybridized carbons (Fsp3) is 0.909. The van der Waals surface area contributed by atoms with Crippen LogP contribution < -0.4 is 0 Å². The van der Waals surface area contributed by atoms with E-state index in [2.05, 4.69) is 22.3 Å². The number of Topliss-reactive ketones (excluding diaryl/α,β-unsaturated/α-hetero) is 1. The summed E-state index contributed by atoms with van der Waals surface area (Å²) in [5.41, 5.74) is -5.09. The molecule has 30 heavy (non-hydrogen) atoms. The van der Waals surface area contributed by atoms with Crippen LogP contribution >= 0.6 is 0 Å². The number of tetrazole rings is 1. The molecule has 0 unspecified atom stereocenters. The van der Waals surface area contributed by atoms with Crippen molar-refractivity contribution in [1.82, 2.24) is 20.2 Å². The number of aromatic nitrogens is 4. The Kier molecular flexibility index (Phi) is 4.45. The molecule has 166 valence electrons. The molecule has 4 aliphatic carbocycles. The van der Waals surface area contributed by atoms with Gasteiger partial charge in [0, 0.05) is 12.3 Å². The summed E-state index contributed by atoms with van der Waals surface area (Å²) in [6.45, 7) is 3.94. The maximum Gasteiger partial charge on any atom is 0.162 e. The maximum absolute atomic E-state index is 16.4. The standard InChI is InChI=1S/C22H32F2N4O2/c1-19(30)9-10-22(24)16-6-7-20(2)15(14(16)5-8-21(22,23)12-19)3-4-17(20)18(29)11-28-26-13-25-27-28/h13-17,30H,3-12H2,1-2H3/t14-,15-,16-,17+,19+,20-,21-,22-/m0/s1. The van der Waals surface area contributed by atoms with E-state index in [1.807, 2.05) is 0 Å². The van der Waals surface area contributed by atoms with Crippen molar-refractivity contribution in [2.24, 2.45) is 29.1 Å². The van der Waals surface area contributed by atoms with Gasteiger partial charge in [0.15, 0.2) is 12.1 Å². The molecule has 5 rings (SSSR count). The van der Waals surface area contributed by atoms with Crippen LogP contribution in [-0.2, 0) is 11.3 Å². The van der Waals surface area contributed by atoms with Gasteiger partial charge in [-0.25, -0.2) is 8.78 Å². The molecule has 1 aromatic rings. The number of hydrogen-bond donors (Lipinski definition) is 1. The largest absolute Gasteiger partial charge is 0.390 e. The summed E-state index contributed by atoms with van der Waals surface area (Å²) in [6.07, 6.45) is 5.51. The Labute approximate surface area is 175 Å². The molecule has 4 aliphatic rings. The van der Waals surface area contributed by atoms with Gasteiger partial charge in [0.1, 0.15) is 17.9 Å². The van der Waals surface area contributed by atoms with Crippen LogP contribution in [0.15, 0.2) is 6.33 Å². The highest BCUT2D eigenvalue weighted by atomic mass is 19.2. The van der Waals surface area contributed by atoms with Crippen LogP contribution in [0.25, 0.3) is 0 Å². The van der Waals surface area contributed by atoms with E-state index in [1.165, 1.54) is 11.1 Å². The number of alkyl halides is 2. The first-order valence-electron chi connectivity index (χ1n) is 11.4. The highest BCUT2D eigenvalue weighted by Crippen LogP contribution is 2.68. The second-order valence-electron chi connectivity index (χ2n) is 11.0. The van der Waals surface area contributed by atoms with E-state index in [1.54, 1.807) is 6.92 Å². The van der Waals surface area contributed by atoms with Crippen LogP contribution in [0.3, 0.4) is 0 Å². The lowest BCUT2D eigenvalue weighted by molar-refractivity contribution is -0.217. The molecule has 0 bridgehead atoms. The predicted octanol–water partition coefficient (Wildman–Crippen LogP) is 3.45. The molecule has 0 aliphatic heterocycles. The van der Waals surface area contributed by atoms with Gasteiger partial charge in [-0.1, -0.05) is 6.92 Å². The fourth-order valence-electron chi connectivity index (χ4n) is 8.02. The van der Waals surface area contributed by atoms with Crippen LogP contribution in [-0.4, -0.2) is 48.0 Å². The number of carbonyl (C=O) groups excluding carboxylic acids is 1. The zero-order valence-corrected chi connectivity index (χ0v) is 17.9. The summed E-state index contributed by atoms with van der Waals surface area (Å²) in [4.78, 5) is 14.4. The molecule has 4 saturated carbocycles. The summed E-state index contributed by atoms with van der Waals surface area (Å²) in [5.74, 6) is 0.0812. The third-order valence-corrected chi connectivity index (χ3v) is 9.41. The Hall–Kier alpha value is -1.44. The first-order valence-corrected chi connectivity index (χ1v) is 11.4. The summed E-state index contributed by atoms with van der Waals surface area (Å²) in [7, 11) is 0.